The number of likely N-dealkylation sites (tertiary alicyclic amines) is 1. The van der Waals surface area contributed by atoms with Crippen LogP contribution in [0.15, 0.2) is 28.6 Å². The van der Waals surface area contributed by atoms with Gasteiger partial charge in [0.1, 0.15) is 11.6 Å². The van der Waals surface area contributed by atoms with Crippen molar-refractivity contribution in [2.75, 3.05) is 26.2 Å². The SMILES string of the molecule is CCNC(=NCC1CCN(Cc2csc(C)n2)CC1)NC(C)c1ccc(F)cc1F. The van der Waals surface area contributed by atoms with Gasteiger partial charge >= 0.3 is 0 Å². The monoisotopic (exact) mass is 435 g/mol. The summed E-state index contributed by atoms with van der Waals surface area (Å²) >= 11 is 1.70. The molecule has 2 aromatic rings. The number of nitrogens with zero attached hydrogens (tertiary/aromatic N) is 3. The van der Waals surface area contributed by atoms with Crippen molar-refractivity contribution in [3.63, 3.8) is 0 Å². The van der Waals surface area contributed by atoms with Crippen LogP contribution in [0.3, 0.4) is 0 Å². The zero-order valence-electron chi connectivity index (χ0n) is 17.9. The second kappa shape index (κ2) is 10.8. The van der Waals surface area contributed by atoms with E-state index in [-0.39, 0.29) is 6.04 Å². The maximum Gasteiger partial charge on any atom is 0.191 e. The Bertz CT molecular complexity index is 846. The maximum atomic E-state index is 14.1. The molecule has 1 unspecified atom stereocenters. The molecular formula is C22H31F2N5S. The minimum absolute atomic E-state index is 0.313. The number of hydrogen-bond donors (Lipinski definition) is 2. The van der Waals surface area contributed by atoms with Crippen LogP contribution in [0.25, 0.3) is 0 Å². The number of aryl methyl sites for hydroxylation is 1. The van der Waals surface area contributed by atoms with Gasteiger partial charge in [0.25, 0.3) is 0 Å². The number of thiazole rings is 1. The summed E-state index contributed by atoms with van der Waals surface area (Å²) in [6.45, 7) is 10.4. The van der Waals surface area contributed by atoms with Crippen molar-refractivity contribution >= 4 is 17.3 Å². The van der Waals surface area contributed by atoms with E-state index in [4.69, 9.17) is 4.99 Å². The van der Waals surface area contributed by atoms with Crippen molar-refractivity contribution in [2.45, 2.75) is 46.2 Å². The van der Waals surface area contributed by atoms with Gasteiger partial charge < -0.3 is 10.6 Å². The van der Waals surface area contributed by atoms with Crippen LogP contribution in [0.2, 0.25) is 0 Å². The molecule has 1 aromatic heterocycles. The lowest BCUT2D eigenvalue weighted by molar-refractivity contribution is 0.179. The molecule has 1 atom stereocenters. The molecule has 2 heterocycles. The molecule has 1 saturated heterocycles. The first-order chi connectivity index (χ1) is 14.4. The summed E-state index contributed by atoms with van der Waals surface area (Å²) in [6.07, 6.45) is 2.21. The molecule has 0 radical (unpaired) electrons. The van der Waals surface area contributed by atoms with E-state index in [9.17, 15) is 8.78 Å². The number of aromatic nitrogens is 1. The first-order valence-electron chi connectivity index (χ1n) is 10.6. The average molecular weight is 436 g/mol. The average Bonchev–Trinajstić information content (AvgIpc) is 3.12. The van der Waals surface area contributed by atoms with Crippen LogP contribution in [-0.4, -0.2) is 42.0 Å². The van der Waals surface area contributed by atoms with Crippen molar-refractivity contribution in [3.05, 3.63) is 51.5 Å². The highest BCUT2D eigenvalue weighted by molar-refractivity contribution is 7.09. The van der Waals surface area contributed by atoms with Crippen molar-refractivity contribution in [3.8, 4) is 0 Å². The molecule has 8 heteroatoms. The summed E-state index contributed by atoms with van der Waals surface area (Å²) in [5, 5.41) is 9.72. The number of guanidine groups is 1. The number of piperidine rings is 1. The molecule has 1 aliphatic rings. The van der Waals surface area contributed by atoms with Crippen molar-refractivity contribution in [1.29, 1.82) is 0 Å². The molecule has 1 aliphatic heterocycles. The number of halogens is 2. The van der Waals surface area contributed by atoms with E-state index in [0.717, 1.165) is 62.3 Å². The Labute approximate surface area is 181 Å². The fourth-order valence-corrected chi connectivity index (χ4v) is 4.32. The van der Waals surface area contributed by atoms with E-state index in [1.807, 2.05) is 20.8 Å². The first-order valence-corrected chi connectivity index (χ1v) is 11.5. The lowest BCUT2D eigenvalue weighted by Crippen LogP contribution is -2.40. The van der Waals surface area contributed by atoms with Gasteiger partial charge in [-0.15, -0.1) is 11.3 Å². The fourth-order valence-electron chi connectivity index (χ4n) is 3.71. The molecule has 1 aromatic carbocycles. The second-order valence-electron chi connectivity index (χ2n) is 7.83. The van der Waals surface area contributed by atoms with Crippen LogP contribution in [0.5, 0.6) is 0 Å². The summed E-state index contributed by atoms with van der Waals surface area (Å²) < 4.78 is 27.2. The minimum Gasteiger partial charge on any atom is -0.357 e. The number of nitrogens with one attached hydrogen (secondary N) is 2. The van der Waals surface area contributed by atoms with Crippen molar-refractivity contribution < 1.29 is 8.78 Å². The zero-order chi connectivity index (χ0) is 21.5. The number of benzene rings is 1. The summed E-state index contributed by atoms with van der Waals surface area (Å²) in [7, 11) is 0. The zero-order valence-corrected chi connectivity index (χ0v) is 18.7. The van der Waals surface area contributed by atoms with E-state index in [0.29, 0.717) is 17.4 Å². The van der Waals surface area contributed by atoms with Crippen LogP contribution < -0.4 is 10.6 Å². The Kier molecular flexibility index (Phi) is 8.16. The topological polar surface area (TPSA) is 52.6 Å². The largest absolute Gasteiger partial charge is 0.357 e. The third kappa shape index (κ3) is 6.47. The summed E-state index contributed by atoms with van der Waals surface area (Å²) in [4.78, 5) is 11.7. The molecule has 0 aliphatic carbocycles. The molecule has 2 N–H and O–H groups in total. The molecule has 0 saturated carbocycles. The Hall–Kier alpha value is -2.06. The molecule has 0 bridgehead atoms. The van der Waals surface area contributed by atoms with Gasteiger partial charge in [0, 0.05) is 36.6 Å². The highest BCUT2D eigenvalue weighted by Crippen LogP contribution is 2.21. The smallest absolute Gasteiger partial charge is 0.191 e. The van der Waals surface area contributed by atoms with Gasteiger partial charge in [-0.1, -0.05) is 6.07 Å². The first kappa shape index (κ1) is 22.6. The second-order valence-corrected chi connectivity index (χ2v) is 8.89. The van der Waals surface area contributed by atoms with Crippen LogP contribution in [0.1, 0.15) is 49.0 Å². The molecule has 0 spiro atoms. The third-order valence-electron chi connectivity index (χ3n) is 5.39. The Morgan fingerprint density at radius 2 is 2.10 bits per heavy atom. The van der Waals surface area contributed by atoms with Gasteiger partial charge in [0.05, 0.1) is 16.7 Å². The van der Waals surface area contributed by atoms with Gasteiger partial charge in [0.15, 0.2) is 5.96 Å². The fraction of sp³-hybridized carbons (Fsp3) is 0.545. The van der Waals surface area contributed by atoms with Gasteiger partial charge in [0.2, 0.25) is 0 Å². The summed E-state index contributed by atoms with van der Waals surface area (Å²) in [5.41, 5.74) is 1.59. The van der Waals surface area contributed by atoms with Crippen LogP contribution in [0.4, 0.5) is 8.78 Å². The Balaban J connectivity index is 1.51. The number of rotatable bonds is 7. The summed E-state index contributed by atoms with van der Waals surface area (Å²) in [5.74, 6) is 0.0784. The van der Waals surface area contributed by atoms with Crippen LogP contribution >= 0.6 is 11.3 Å². The molecular weight excluding hydrogens is 404 g/mol. The molecule has 1 fully saturated rings. The van der Waals surface area contributed by atoms with Crippen LogP contribution in [0, 0.1) is 24.5 Å². The van der Waals surface area contributed by atoms with E-state index >= 15 is 0 Å². The highest BCUT2D eigenvalue weighted by Gasteiger charge is 2.20. The predicted octanol–water partition coefficient (Wildman–Crippen LogP) is 4.26. The third-order valence-corrected chi connectivity index (χ3v) is 6.22. The van der Waals surface area contributed by atoms with Gasteiger partial charge in [-0.2, -0.15) is 0 Å². The normalized spacial score (nSPS) is 17.2. The van der Waals surface area contributed by atoms with E-state index in [1.165, 1.54) is 12.1 Å². The van der Waals surface area contributed by atoms with Crippen molar-refractivity contribution in [1.82, 2.24) is 20.5 Å². The maximum absolute atomic E-state index is 14.1. The molecule has 3 rings (SSSR count). The van der Waals surface area contributed by atoms with E-state index < -0.39 is 11.6 Å². The number of aliphatic imine (C=N–C) groups is 1. The van der Waals surface area contributed by atoms with Crippen LogP contribution in [-0.2, 0) is 6.54 Å². The highest BCUT2D eigenvalue weighted by atomic mass is 32.1. The predicted molar refractivity (Wildman–Crippen MR) is 119 cm³/mol. The quantitative estimate of drug-likeness (QED) is 0.504. The minimum atomic E-state index is -0.569. The molecule has 0 amide bonds. The van der Waals surface area contributed by atoms with Gasteiger partial charge in [-0.3, -0.25) is 9.89 Å². The molecule has 30 heavy (non-hydrogen) atoms. The standard InChI is InChI=1S/C22H31F2N5S/c1-4-25-22(27-15(2)20-6-5-18(23)11-21(20)24)26-12-17-7-9-29(10-8-17)13-19-14-30-16(3)28-19/h5-6,11,14-15,17H,4,7-10,12-13H2,1-3H3,(H2,25,26,27). The Morgan fingerprint density at radius 1 is 1.33 bits per heavy atom. The number of hydrogen-bond acceptors (Lipinski definition) is 4. The van der Waals surface area contributed by atoms with E-state index in [2.05, 4.69) is 25.9 Å². The molecule has 164 valence electrons. The van der Waals surface area contributed by atoms with Gasteiger partial charge in [-0.25, -0.2) is 13.8 Å². The lowest BCUT2D eigenvalue weighted by Gasteiger charge is -2.31. The van der Waals surface area contributed by atoms with E-state index in [1.54, 1.807) is 11.3 Å². The van der Waals surface area contributed by atoms with Crippen molar-refractivity contribution in [2.24, 2.45) is 10.9 Å². The lowest BCUT2D eigenvalue weighted by atomic mass is 9.97. The van der Waals surface area contributed by atoms with Gasteiger partial charge in [-0.05, 0) is 58.7 Å². The Morgan fingerprint density at radius 3 is 2.73 bits per heavy atom. The molecule has 5 nitrogen and oxygen atoms in total. The summed E-state index contributed by atoms with van der Waals surface area (Å²) in [6, 6.07) is 3.36.